The minimum absolute atomic E-state index is 0.432. The first-order valence-corrected chi connectivity index (χ1v) is 2.43. The number of esters is 1. The van der Waals surface area contributed by atoms with Crippen LogP contribution in [0.4, 0.5) is 4.79 Å². The van der Waals surface area contributed by atoms with Gasteiger partial charge in [-0.3, -0.25) is 0 Å². The molecule has 5 heteroatoms. The first kappa shape index (κ1) is 8.23. The maximum absolute atomic E-state index is 10.2. The molecule has 0 N–H and O–H groups in total. The molecule has 0 bridgehead atoms. The number of hydrogen-bond donors (Lipinski definition) is 0. The van der Waals surface area contributed by atoms with Crippen molar-refractivity contribution in [1.29, 1.82) is 0 Å². The maximum Gasteiger partial charge on any atom is 0.404 e. The summed E-state index contributed by atoms with van der Waals surface area (Å²) in [5.74, 6) is -0.635. The summed E-state index contributed by atoms with van der Waals surface area (Å²) in [6, 6.07) is 0. The first-order chi connectivity index (χ1) is 4.16. The lowest BCUT2D eigenvalue weighted by Gasteiger charge is -1.95. The Labute approximate surface area is 56.7 Å². The summed E-state index contributed by atoms with van der Waals surface area (Å²) in [5.41, 5.74) is -1.01. The Morgan fingerprint density at radius 1 is 1.56 bits per heavy atom. The average molecular weight is 153 g/mol. The summed E-state index contributed by atoms with van der Waals surface area (Å²) in [5, 5.41) is 0. The molecule has 0 saturated carbocycles. The Kier molecular flexibility index (Phi) is 3.79. The van der Waals surface area contributed by atoms with Crippen molar-refractivity contribution in [3.8, 4) is 0 Å². The molecule has 0 aromatic carbocycles. The van der Waals surface area contributed by atoms with E-state index in [1.54, 1.807) is 0 Å². The molecule has 0 amide bonds. The van der Waals surface area contributed by atoms with Crippen LogP contribution >= 0.6 is 11.6 Å². The van der Waals surface area contributed by atoms with Crippen LogP contribution < -0.4 is 0 Å². The number of ether oxygens (including phenoxy) is 2. The molecular weight excluding hydrogens is 147 g/mol. The number of carbonyl (C=O) groups excluding carboxylic acids is 2. The van der Waals surface area contributed by atoms with Gasteiger partial charge in [0.1, 0.15) is 0 Å². The highest BCUT2D eigenvalue weighted by Gasteiger charge is 2.02. The molecule has 0 atom stereocenters. The minimum atomic E-state index is -1.01. The van der Waals surface area contributed by atoms with Gasteiger partial charge >= 0.3 is 11.4 Å². The summed E-state index contributed by atoms with van der Waals surface area (Å²) in [6.45, 7) is -0.432. The maximum atomic E-state index is 10.2. The van der Waals surface area contributed by atoms with Crippen LogP contribution in [-0.2, 0) is 14.3 Å². The number of hydrogen-bond acceptors (Lipinski definition) is 4. The van der Waals surface area contributed by atoms with Gasteiger partial charge in [-0.05, 0) is 0 Å². The van der Waals surface area contributed by atoms with E-state index >= 15 is 0 Å². The number of halogens is 1. The Balaban J connectivity index is 3.28. The lowest BCUT2D eigenvalue weighted by molar-refractivity contribution is -0.143. The molecule has 4 nitrogen and oxygen atoms in total. The largest absolute Gasteiger partial charge is 0.466 e. The third-order valence-corrected chi connectivity index (χ3v) is 0.640. The lowest BCUT2D eigenvalue weighted by Crippen LogP contribution is -2.10. The van der Waals surface area contributed by atoms with Gasteiger partial charge in [-0.1, -0.05) is 0 Å². The zero-order valence-corrected chi connectivity index (χ0v) is 5.47. The van der Waals surface area contributed by atoms with Crippen LogP contribution in [0.1, 0.15) is 0 Å². The lowest BCUT2D eigenvalue weighted by atomic mass is 10.7. The van der Waals surface area contributed by atoms with Gasteiger partial charge < -0.3 is 9.47 Å². The third-order valence-electron chi connectivity index (χ3n) is 0.531. The molecule has 0 heterocycles. The number of rotatable bonds is 2. The second kappa shape index (κ2) is 4.14. The van der Waals surface area contributed by atoms with E-state index in [1.807, 2.05) is 0 Å². The Bertz CT molecular complexity index is 122. The van der Waals surface area contributed by atoms with Gasteiger partial charge in [0.05, 0.1) is 7.11 Å². The van der Waals surface area contributed by atoms with E-state index in [1.165, 1.54) is 7.11 Å². The second-order valence-electron chi connectivity index (χ2n) is 1.10. The Hall–Kier alpha value is -0.770. The van der Waals surface area contributed by atoms with Crippen molar-refractivity contribution in [2.45, 2.75) is 0 Å². The van der Waals surface area contributed by atoms with Crippen molar-refractivity contribution in [2.75, 3.05) is 13.7 Å². The molecule has 0 spiro atoms. The molecule has 0 aromatic heterocycles. The monoisotopic (exact) mass is 152 g/mol. The highest BCUT2D eigenvalue weighted by molar-refractivity contribution is 6.61. The van der Waals surface area contributed by atoms with Gasteiger partial charge in [-0.15, -0.1) is 0 Å². The van der Waals surface area contributed by atoms with Crippen molar-refractivity contribution in [2.24, 2.45) is 0 Å². The van der Waals surface area contributed by atoms with Crippen LogP contribution in [0.5, 0.6) is 0 Å². The summed E-state index contributed by atoms with van der Waals surface area (Å²) in [4.78, 5) is 20.0. The van der Waals surface area contributed by atoms with Gasteiger partial charge in [-0.25, -0.2) is 9.59 Å². The molecule has 0 aliphatic heterocycles. The van der Waals surface area contributed by atoms with Crippen LogP contribution in [-0.4, -0.2) is 25.1 Å². The molecule has 0 unspecified atom stereocenters. The molecule has 52 valence electrons. The van der Waals surface area contributed by atoms with Crippen molar-refractivity contribution < 1.29 is 19.1 Å². The quantitative estimate of drug-likeness (QED) is 0.428. The van der Waals surface area contributed by atoms with E-state index < -0.39 is 18.0 Å². The van der Waals surface area contributed by atoms with E-state index in [0.29, 0.717) is 0 Å². The van der Waals surface area contributed by atoms with Gasteiger partial charge in [0.15, 0.2) is 6.61 Å². The average Bonchev–Trinajstić information content (AvgIpc) is 1.83. The van der Waals surface area contributed by atoms with Gasteiger partial charge in [0.2, 0.25) is 0 Å². The van der Waals surface area contributed by atoms with Gasteiger partial charge in [0, 0.05) is 11.6 Å². The first-order valence-electron chi connectivity index (χ1n) is 2.06. The van der Waals surface area contributed by atoms with Crippen LogP contribution in [0.15, 0.2) is 0 Å². The normalized spacial score (nSPS) is 8.22. The van der Waals surface area contributed by atoms with Crippen molar-refractivity contribution >= 4 is 23.0 Å². The van der Waals surface area contributed by atoms with Crippen molar-refractivity contribution in [3.63, 3.8) is 0 Å². The molecular formula is C4H5ClO4. The molecule has 0 fully saturated rings. The van der Waals surface area contributed by atoms with E-state index in [2.05, 4.69) is 9.47 Å². The molecule has 0 saturated heterocycles. The van der Waals surface area contributed by atoms with E-state index in [-0.39, 0.29) is 0 Å². The molecule has 0 rings (SSSR count). The predicted octanol–water partition coefficient (Wildman–Crippen LogP) is 0.535. The van der Waals surface area contributed by atoms with E-state index in [0.717, 1.165) is 0 Å². The standard InChI is InChI=1S/C4H5ClO4/c1-8-3(6)2-9-4(5)7/h2H2,1H3. The third kappa shape index (κ3) is 5.10. The topological polar surface area (TPSA) is 52.6 Å². The number of methoxy groups -OCH3 is 1. The Morgan fingerprint density at radius 3 is 2.44 bits per heavy atom. The van der Waals surface area contributed by atoms with Gasteiger partial charge in [-0.2, -0.15) is 0 Å². The molecule has 0 radical (unpaired) electrons. The van der Waals surface area contributed by atoms with Crippen molar-refractivity contribution in [3.05, 3.63) is 0 Å². The summed E-state index contributed by atoms with van der Waals surface area (Å²) < 4.78 is 8.17. The molecule has 0 aromatic rings. The van der Waals surface area contributed by atoms with Crippen LogP contribution in [0.3, 0.4) is 0 Å². The zero-order chi connectivity index (χ0) is 7.28. The smallest absolute Gasteiger partial charge is 0.404 e. The summed E-state index contributed by atoms with van der Waals surface area (Å²) >= 11 is 4.71. The molecule has 0 aliphatic carbocycles. The highest BCUT2D eigenvalue weighted by Crippen LogP contribution is 1.86. The fourth-order valence-corrected chi connectivity index (χ4v) is 0.229. The molecule has 0 aliphatic rings. The minimum Gasteiger partial charge on any atom is -0.466 e. The Morgan fingerprint density at radius 2 is 2.11 bits per heavy atom. The van der Waals surface area contributed by atoms with Crippen molar-refractivity contribution in [1.82, 2.24) is 0 Å². The zero-order valence-electron chi connectivity index (χ0n) is 4.72. The molecule has 9 heavy (non-hydrogen) atoms. The number of carbonyl (C=O) groups is 2. The summed E-state index contributed by atoms with van der Waals surface area (Å²) in [6.07, 6.45) is 0. The SMILES string of the molecule is COC(=O)COC(=O)Cl. The fraction of sp³-hybridized carbons (Fsp3) is 0.500. The predicted molar refractivity (Wildman–Crippen MR) is 29.2 cm³/mol. The highest BCUT2D eigenvalue weighted by atomic mass is 35.5. The fourth-order valence-electron chi connectivity index (χ4n) is 0.175. The van der Waals surface area contributed by atoms with Crippen LogP contribution in [0, 0.1) is 0 Å². The summed E-state index contributed by atoms with van der Waals surface area (Å²) in [7, 11) is 1.18. The van der Waals surface area contributed by atoms with E-state index in [4.69, 9.17) is 11.6 Å². The van der Waals surface area contributed by atoms with E-state index in [9.17, 15) is 9.59 Å². The van der Waals surface area contributed by atoms with Crippen LogP contribution in [0.25, 0.3) is 0 Å². The van der Waals surface area contributed by atoms with Gasteiger partial charge in [0.25, 0.3) is 0 Å². The second-order valence-corrected chi connectivity index (χ2v) is 1.41. The van der Waals surface area contributed by atoms with Crippen LogP contribution in [0.2, 0.25) is 0 Å².